The van der Waals surface area contributed by atoms with Crippen LogP contribution >= 0.6 is 15.9 Å². The first-order valence-corrected chi connectivity index (χ1v) is 14.1. The zero-order chi connectivity index (χ0) is 21.3. The maximum atomic E-state index is 7.06. The van der Waals surface area contributed by atoms with E-state index in [9.17, 15) is 0 Å². The van der Waals surface area contributed by atoms with Gasteiger partial charge in [-0.25, -0.2) is 0 Å². The zero-order valence-corrected chi connectivity index (χ0v) is 21.5. The Kier molecular flexibility index (Phi) is 9.64. The van der Waals surface area contributed by atoms with Crippen LogP contribution < -0.4 is 10.4 Å². The first-order valence-electron chi connectivity index (χ1n) is 11.1. The predicted molar refractivity (Wildman–Crippen MR) is 134 cm³/mol. The lowest BCUT2D eigenvalue weighted by atomic mass is 9.98. The van der Waals surface area contributed by atoms with Crippen molar-refractivity contribution in [3.8, 4) is 0 Å². The van der Waals surface area contributed by atoms with Crippen molar-refractivity contribution in [2.45, 2.75) is 65.3 Å². The van der Waals surface area contributed by atoms with E-state index in [0.29, 0.717) is 5.92 Å². The van der Waals surface area contributed by atoms with Crippen LogP contribution in [0.5, 0.6) is 0 Å². The minimum Gasteiger partial charge on any atom is -0.407 e. The third-order valence-corrected chi connectivity index (χ3v) is 11.5. The highest BCUT2D eigenvalue weighted by atomic mass is 79.9. The lowest BCUT2D eigenvalue weighted by Gasteiger charge is -2.43. The number of alkyl halides is 1. The van der Waals surface area contributed by atoms with Gasteiger partial charge in [-0.3, -0.25) is 0 Å². The second kappa shape index (κ2) is 11.5. The fourth-order valence-corrected chi connectivity index (χ4v) is 9.73. The number of hydrogen-bond donors (Lipinski definition) is 0. The van der Waals surface area contributed by atoms with E-state index in [1.807, 2.05) is 0 Å². The molecule has 1 nitrogen and oxygen atoms in total. The third kappa shape index (κ3) is 6.54. The minimum atomic E-state index is -2.39. The van der Waals surface area contributed by atoms with Crippen molar-refractivity contribution in [3.05, 3.63) is 60.7 Å². The molecule has 0 aliphatic carbocycles. The molecule has 0 radical (unpaired) electrons. The van der Waals surface area contributed by atoms with Gasteiger partial charge in [0.05, 0.1) is 0 Å². The summed E-state index contributed by atoms with van der Waals surface area (Å²) in [7, 11) is -2.39. The maximum absolute atomic E-state index is 7.06. The summed E-state index contributed by atoms with van der Waals surface area (Å²) in [5.74, 6) is 1.38. The van der Waals surface area contributed by atoms with E-state index in [-0.39, 0.29) is 5.04 Å². The zero-order valence-electron chi connectivity index (χ0n) is 19.0. The molecule has 0 aliphatic heterocycles. The Morgan fingerprint density at radius 2 is 1.28 bits per heavy atom. The summed E-state index contributed by atoms with van der Waals surface area (Å²) >= 11 is 3.56. The van der Waals surface area contributed by atoms with Crippen molar-refractivity contribution in [1.82, 2.24) is 0 Å². The van der Waals surface area contributed by atoms with E-state index in [1.54, 1.807) is 0 Å². The van der Waals surface area contributed by atoms with Crippen molar-refractivity contribution >= 4 is 34.6 Å². The summed E-state index contributed by atoms with van der Waals surface area (Å²) in [4.78, 5) is 0. The Morgan fingerprint density at radius 1 is 0.793 bits per heavy atom. The molecule has 2 aromatic carbocycles. The minimum absolute atomic E-state index is 0.0554. The summed E-state index contributed by atoms with van der Waals surface area (Å²) in [6, 6.07) is 21.9. The standard InChI is InChI=1S/C26H39BrOSi/c1-22(19-20-27)13-12-14-23(2)21-28-29(26(3,4)5,24-15-8-6-9-16-24)25-17-10-7-11-18-25/h6-11,15-18,22-23H,12-14,19-21H2,1-5H3/t22-,23+/m1/s1. The molecule has 0 amide bonds. The molecule has 0 spiro atoms. The van der Waals surface area contributed by atoms with Crippen molar-refractivity contribution in [2.75, 3.05) is 11.9 Å². The van der Waals surface area contributed by atoms with E-state index >= 15 is 0 Å². The molecule has 3 heteroatoms. The maximum Gasteiger partial charge on any atom is 0.261 e. The fourth-order valence-electron chi connectivity index (χ4n) is 4.26. The molecular weight excluding hydrogens is 436 g/mol. The highest BCUT2D eigenvalue weighted by Gasteiger charge is 2.50. The second-order valence-electron chi connectivity index (χ2n) is 9.59. The van der Waals surface area contributed by atoms with E-state index in [2.05, 4.69) is 111 Å². The lowest BCUT2D eigenvalue weighted by Crippen LogP contribution is -2.66. The molecule has 2 rings (SSSR count). The van der Waals surface area contributed by atoms with Crippen LogP contribution in [0.2, 0.25) is 5.04 Å². The average molecular weight is 476 g/mol. The molecule has 29 heavy (non-hydrogen) atoms. The number of benzene rings is 2. The molecule has 2 aromatic rings. The lowest BCUT2D eigenvalue weighted by molar-refractivity contribution is 0.233. The van der Waals surface area contributed by atoms with Gasteiger partial charge in [0.2, 0.25) is 0 Å². The van der Waals surface area contributed by atoms with Gasteiger partial charge in [-0.05, 0) is 40.1 Å². The molecule has 0 aliphatic rings. The van der Waals surface area contributed by atoms with E-state index in [1.165, 1.54) is 36.1 Å². The van der Waals surface area contributed by atoms with Gasteiger partial charge in [0.15, 0.2) is 0 Å². The van der Waals surface area contributed by atoms with Gasteiger partial charge < -0.3 is 4.43 Å². The highest BCUT2D eigenvalue weighted by molar-refractivity contribution is 9.09. The van der Waals surface area contributed by atoms with Crippen LogP contribution in [0, 0.1) is 11.8 Å². The molecule has 0 saturated heterocycles. The normalized spacial score (nSPS) is 14.6. The molecule has 0 unspecified atom stereocenters. The van der Waals surface area contributed by atoms with E-state index in [4.69, 9.17) is 4.43 Å². The topological polar surface area (TPSA) is 9.23 Å². The summed E-state index contributed by atoms with van der Waals surface area (Å²) in [6.07, 6.45) is 5.12. The van der Waals surface area contributed by atoms with Crippen molar-refractivity contribution < 1.29 is 4.43 Å². The summed E-state index contributed by atoms with van der Waals surface area (Å²) in [5, 5.41) is 3.91. The highest BCUT2D eigenvalue weighted by Crippen LogP contribution is 2.37. The predicted octanol–water partition coefficient (Wildman–Crippen LogP) is 6.79. The van der Waals surface area contributed by atoms with Crippen LogP contribution in [-0.4, -0.2) is 20.3 Å². The second-order valence-corrected chi connectivity index (χ2v) is 14.7. The smallest absolute Gasteiger partial charge is 0.261 e. The Bertz CT molecular complexity index is 656. The van der Waals surface area contributed by atoms with Crippen LogP contribution in [-0.2, 0) is 4.43 Å². The Balaban J connectivity index is 2.21. The first-order chi connectivity index (χ1) is 13.8. The first kappa shape index (κ1) is 24.4. The Labute approximate surface area is 188 Å². The van der Waals surface area contributed by atoms with Gasteiger partial charge in [0.1, 0.15) is 0 Å². The van der Waals surface area contributed by atoms with Gasteiger partial charge >= 0.3 is 0 Å². The number of halogens is 1. The van der Waals surface area contributed by atoms with Gasteiger partial charge in [0, 0.05) is 11.9 Å². The van der Waals surface area contributed by atoms with Crippen LogP contribution in [0.25, 0.3) is 0 Å². The molecule has 160 valence electrons. The Morgan fingerprint density at radius 3 is 1.72 bits per heavy atom. The van der Waals surface area contributed by atoms with Crippen LogP contribution in [0.1, 0.15) is 60.3 Å². The number of rotatable bonds is 11. The van der Waals surface area contributed by atoms with Crippen molar-refractivity contribution in [1.29, 1.82) is 0 Å². The van der Waals surface area contributed by atoms with Gasteiger partial charge in [0.25, 0.3) is 8.32 Å². The summed E-state index contributed by atoms with van der Waals surface area (Å²) in [5.41, 5.74) is 0. The SMILES string of the molecule is C[C@@H](CCBr)CCC[C@H](C)CO[Si](c1ccccc1)(c1ccccc1)C(C)(C)C. The quantitative estimate of drug-likeness (QED) is 0.257. The molecule has 0 N–H and O–H groups in total. The van der Waals surface area contributed by atoms with Crippen LogP contribution in [0.4, 0.5) is 0 Å². The molecule has 0 aromatic heterocycles. The largest absolute Gasteiger partial charge is 0.407 e. The van der Waals surface area contributed by atoms with E-state index < -0.39 is 8.32 Å². The molecule has 0 heterocycles. The third-order valence-electron chi connectivity index (χ3n) is 6.00. The monoisotopic (exact) mass is 474 g/mol. The van der Waals surface area contributed by atoms with Crippen LogP contribution in [0.3, 0.4) is 0 Å². The molecule has 0 bridgehead atoms. The average Bonchev–Trinajstić information content (AvgIpc) is 2.69. The summed E-state index contributed by atoms with van der Waals surface area (Å²) in [6.45, 7) is 12.6. The Hall–Kier alpha value is -0.903. The van der Waals surface area contributed by atoms with Crippen molar-refractivity contribution in [2.24, 2.45) is 11.8 Å². The van der Waals surface area contributed by atoms with Gasteiger partial charge in [-0.15, -0.1) is 0 Å². The summed E-state index contributed by atoms with van der Waals surface area (Å²) < 4.78 is 7.06. The number of hydrogen-bond acceptors (Lipinski definition) is 1. The van der Waals surface area contributed by atoms with Gasteiger partial charge in [-0.1, -0.05) is 124 Å². The van der Waals surface area contributed by atoms with Gasteiger partial charge in [-0.2, -0.15) is 0 Å². The van der Waals surface area contributed by atoms with Crippen molar-refractivity contribution in [3.63, 3.8) is 0 Å². The molecule has 0 fully saturated rings. The molecular formula is C26H39BrOSi. The van der Waals surface area contributed by atoms with E-state index in [0.717, 1.165) is 17.9 Å². The fraction of sp³-hybridized carbons (Fsp3) is 0.538. The molecule has 0 saturated carbocycles. The van der Waals surface area contributed by atoms with Crippen LogP contribution in [0.15, 0.2) is 60.7 Å². The molecule has 2 atom stereocenters.